The van der Waals surface area contributed by atoms with Gasteiger partial charge in [0.15, 0.2) is 9.84 Å². The Morgan fingerprint density at radius 1 is 1.14 bits per heavy atom. The molecule has 1 fully saturated rings. The van der Waals surface area contributed by atoms with E-state index in [4.69, 9.17) is 21.1 Å². The van der Waals surface area contributed by atoms with Gasteiger partial charge in [0.05, 0.1) is 11.3 Å². The van der Waals surface area contributed by atoms with Gasteiger partial charge in [0.25, 0.3) is 0 Å². The van der Waals surface area contributed by atoms with Crippen LogP contribution in [0.3, 0.4) is 0 Å². The fourth-order valence-corrected chi connectivity index (χ4v) is 5.27. The highest BCUT2D eigenvalue weighted by atomic mass is 35.5. The molecule has 0 unspecified atom stereocenters. The number of benzene rings is 2. The van der Waals surface area contributed by atoms with E-state index in [0.29, 0.717) is 15.8 Å². The van der Waals surface area contributed by atoms with Crippen molar-refractivity contribution in [2.24, 2.45) is 0 Å². The van der Waals surface area contributed by atoms with Crippen LogP contribution in [0.2, 0.25) is 5.02 Å². The maximum absolute atomic E-state index is 13.2. The molecule has 0 bridgehead atoms. The monoisotopic (exact) mass is 425 g/mol. The Morgan fingerprint density at radius 2 is 1.79 bits per heavy atom. The highest BCUT2D eigenvalue weighted by Gasteiger charge is 2.43. The lowest BCUT2D eigenvalue weighted by molar-refractivity contribution is -0.188. The average molecular weight is 426 g/mol. The number of hydrogen-bond acceptors (Lipinski definition) is 6. The van der Waals surface area contributed by atoms with Crippen molar-refractivity contribution in [2.75, 3.05) is 19.0 Å². The zero-order valence-electron chi connectivity index (χ0n) is 15.0. The van der Waals surface area contributed by atoms with E-state index in [0.717, 1.165) is 0 Å². The molecule has 0 saturated carbocycles. The summed E-state index contributed by atoms with van der Waals surface area (Å²) < 4.78 is 37.4. The lowest BCUT2D eigenvalue weighted by Gasteiger charge is -2.40. The Morgan fingerprint density at radius 3 is 2.43 bits per heavy atom. The fourth-order valence-electron chi connectivity index (χ4n) is 3.16. The summed E-state index contributed by atoms with van der Waals surface area (Å²) in [5.74, 6) is 0.145. The zero-order valence-corrected chi connectivity index (χ0v) is 16.5. The van der Waals surface area contributed by atoms with Gasteiger partial charge in [-0.15, -0.1) is 0 Å². The summed E-state index contributed by atoms with van der Waals surface area (Å²) >= 11 is 5.87. The Hall–Kier alpha value is -2.13. The first-order valence-electron chi connectivity index (χ1n) is 8.63. The number of amides is 1. The predicted octanol–water partition coefficient (Wildman–Crippen LogP) is 3.30. The van der Waals surface area contributed by atoms with Crippen molar-refractivity contribution in [2.45, 2.75) is 23.3 Å². The van der Waals surface area contributed by atoms with E-state index < -0.39 is 21.1 Å². The Kier molecular flexibility index (Phi) is 6.24. The van der Waals surface area contributed by atoms with Crippen molar-refractivity contribution in [1.82, 2.24) is 5.06 Å². The summed E-state index contributed by atoms with van der Waals surface area (Å²) in [5.41, 5.74) is -1.24. The van der Waals surface area contributed by atoms with Gasteiger partial charge in [-0.1, -0.05) is 23.7 Å². The van der Waals surface area contributed by atoms with Crippen LogP contribution >= 0.6 is 11.6 Å². The van der Waals surface area contributed by atoms with Crippen LogP contribution in [-0.2, 0) is 19.4 Å². The van der Waals surface area contributed by atoms with E-state index in [1.54, 1.807) is 42.5 Å². The third kappa shape index (κ3) is 4.47. The van der Waals surface area contributed by atoms with Gasteiger partial charge in [0.1, 0.15) is 16.4 Å². The van der Waals surface area contributed by atoms with Crippen molar-refractivity contribution in [3.8, 4) is 11.5 Å². The quantitative estimate of drug-likeness (QED) is 0.415. The lowest BCUT2D eigenvalue weighted by atomic mass is 9.92. The van der Waals surface area contributed by atoms with Crippen molar-refractivity contribution >= 4 is 27.8 Å². The molecule has 0 spiro atoms. The van der Waals surface area contributed by atoms with E-state index in [1.807, 2.05) is 0 Å². The second kappa shape index (κ2) is 8.48. The van der Waals surface area contributed by atoms with Crippen molar-refractivity contribution in [3.63, 3.8) is 0 Å². The topological polar surface area (TPSA) is 93.1 Å². The van der Waals surface area contributed by atoms with Gasteiger partial charge in [0.2, 0.25) is 6.41 Å². The van der Waals surface area contributed by atoms with Crippen LogP contribution < -0.4 is 4.74 Å². The molecule has 1 saturated heterocycles. The maximum Gasteiger partial charge on any atom is 0.233 e. The molecule has 7 nitrogen and oxygen atoms in total. The van der Waals surface area contributed by atoms with E-state index in [-0.39, 0.29) is 43.1 Å². The van der Waals surface area contributed by atoms with E-state index in [2.05, 4.69) is 0 Å². The number of ether oxygens (including phenoxy) is 2. The summed E-state index contributed by atoms with van der Waals surface area (Å²) in [6.07, 6.45) is 0.653. The van der Waals surface area contributed by atoms with Gasteiger partial charge in [-0.25, -0.2) is 13.5 Å². The number of halogens is 1. The highest BCUT2D eigenvalue weighted by Crippen LogP contribution is 2.34. The molecule has 1 amide bonds. The molecule has 0 aromatic heterocycles. The minimum atomic E-state index is -3.90. The van der Waals surface area contributed by atoms with Gasteiger partial charge in [0, 0.05) is 18.2 Å². The summed E-state index contributed by atoms with van der Waals surface area (Å²) in [6.45, 7) is 0.507. The number of sulfone groups is 1. The van der Waals surface area contributed by atoms with Crippen molar-refractivity contribution < 1.29 is 27.9 Å². The number of hydroxylamine groups is 2. The third-order valence-electron chi connectivity index (χ3n) is 4.69. The standard InChI is InChI=1S/C19H20ClNO6S/c20-15-5-7-16(8-6-15)27-17-3-1-2-4-18(17)28(24,25)13-19(21(23)14-22)9-11-26-12-10-19/h1-8,14,23H,9-13H2. The lowest BCUT2D eigenvalue weighted by Crippen LogP contribution is -2.54. The molecule has 1 N–H and O–H groups in total. The molecule has 1 aliphatic rings. The molecule has 150 valence electrons. The number of rotatable bonds is 7. The minimum absolute atomic E-state index is 0.0184. The number of nitrogens with zero attached hydrogens (tertiary/aromatic N) is 1. The number of carbonyl (C=O) groups is 1. The highest BCUT2D eigenvalue weighted by molar-refractivity contribution is 7.91. The Labute approximate surface area is 168 Å². The normalized spacial score (nSPS) is 16.4. The van der Waals surface area contributed by atoms with Gasteiger partial charge >= 0.3 is 0 Å². The average Bonchev–Trinajstić information content (AvgIpc) is 2.69. The van der Waals surface area contributed by atoms with Gasteiger partial charge in [-0.3, -0.25) is 10.0 Å². The van der Waals surface area contributed by atoms with E-state index in [1.165, 1.54) is 6.07 Å². The van der Waals surface area contributed by atoms with Crippen LogP contribution in [0.15, 0.2) is 53.4 Å². The molecule has 0 radical (unpaired) electrons. The summed E-state index contributed by atoms with van der Waals surface area (Å²) in [5, 5.41) is 11.1. The molecule has 1 aliphatic heterocycles. The molecule has 1 heterocycles. The summed E-state index contributed by atoms with van der Waals surface area (Å²) in [7, 11) is -3.90. The molecule has 2 aromatic carbocycles. The van der Waals surface area contributed by atoms with Crippen molar-refractivity contribution in [1.29, 1.82) is 0 Å². The van der Waals surface area contributed by atoms with E-state index in [9.17, 15) is 18.4 Å². The van der Waals surface area contributed by atoms with Gasteiger partial charge in [-0.2, -0.15) is 0 Å². The molecular weight excluding hydrogens is 406 g/mol. The Balaban J connectivity index is 1.93. The van der Waals surface area contributed by atoms with Crippen LogP contribution in [-0.4, -0.2) is 49.6 Å². The number of hydrogen-bond donors (Lipinski definition) is 1. The first kappa shape index (κ1) is 20.6. The molecular formula is C19H20ClNO6S. The predicted molar refractivity (Wildman–Crippen MR) is 102 cm³/mol. The van der Waals surface area contributed by atoms with Crippen LogP contribution in [0.1, 0.15) is 12.8 Å². The molecule has 0 aliphatic carbocycles. The number of para-hydroxylation sites is 1. The van der Waals surface area contributed by atoms with Crippen LogP contribution in [0.25, 0.3) is 0 Å². The molecule has 3 rings (SSSR count). The van der Waals surface area contributed by atoms with Crippen LogP contribution in [0, 0.1) is 0 Å². The van der Waals surface area contributed by atoms with E-state index >= 15 is 0 Å². The molecule has 9 heteroatoms. The third-order valence-corrected chi connectivity index (χ3v) is 6.87. The zero-order chi connectivity index (χ0) is 20.2. The first-order valence-corrected chi connectivity index (χ1v) is 10.7. The maximum atomic E-state index is 13.2. The smallest absolute Gasteiger partial charge is 0.233 e. The van der Waals surface area contributed by atoms with Crippen molar-refractivity contribution in [3.05, 3.63) is 53.6 Å². The SMILES string of the molecule is O=CN(O)C1(CS(=O)(=O)c2ccccc2Oc2ccc(Cl)cc2)CCOCC1. The second-order valence-electron chi connectivity index (χ2n) is 6.55. The molecule has 0 atom stereocenters. The Bertz CT molecular complexity index is 926. The van der Waals surface area contributed by atoms with Gasteiger partial charge in [-0.05, 0) is 49.2 Å². The fraction of sp³-hybridized carbons (Fsp3) is 0.316. The summed E-state index contributed by atoms with van der Waals surface area (Å²) in [6, 6.07) is 12.8. The molecule has 2 aromatic rings. The largest absolute Gasteiger partial charge is 0.456 e. The van der Waals surface area contributed by atoms with Crippen LogP contribution in [0.4, 0.5) is 0 Å². The summed E-state index contributed by atoms with van der Waals surface area (Å²) in [4.78, 5) is 11.2. The van der Waals surface area contributed by atoms with Gasteiger partial charge < -0.3 is 9.47 Å². The second-order valence-corrected chi connectivity index (χ2v) is 8.94. The molecule has 28 heavy (non-hydrogen) atoms. The number of carbonyl (C=O) groups excluding carboxylic acids is 1. The first-order chi connectivity index (χ1) is 13.4. The van der Waals surface area contributed by atoms with Crippen LogP contribution in [0.5, 0.6) is 11.5 Å². The minimum Gasteiger partial charge on any atom is -0.456 e.